The lowest BCUT2D eigenvalue weighted by atomic mass is 9.92. The van der Waals surface area contributed by atoms with Gasteiger partial charge in [-0.3, -0.25) is 4.90 Å². The van der Waals surface area contributed by atoms with E-state index in [2.05, 4.69) is 16.0 Å². The molecule has 0 saturated carbocycles. The first-order valence-electron chi connectivity index (χ1n) is 11.6. The maximum atomic E-state index is 13.2. The van der Waals surface area contributed by atoms with Crippen LogP contribution < -0.4 is 0 Å². The molecule has 34 heavy (non-hydrogen) atoms. The number of piperazine rings is 1. The first kappa shape index (κ1) is 22.6. The molecule has 1 fully saturated rings. The highest BCUT2D eigenvalue weighted by Gasteiger charge is 2.30. The Morgan fingerprint density at radius 2 is 1.79 bits per heavy atom. The highest BCUT2D eigenvalue weighted by Crippen LogP contribution is 2.26. The lowest BCUT2D eigenvalue weighted by Gasteiger charge is -2.34. The third-order valence-corrected chi connectivity index (χ3v) is 8.58. The molecule has 5 rings (SSSR count). The number of para-hydroxylation sites is 2. The second kappa shape index (κ2) is 9.22. The molecule has 1 aromatic heterocycles. The molecule has 0 radical (unpaired) electrons. The third kappa shape index (κ3) is 4.32. The molecular formula is C25H27N5O3S. The van der Waals surface area contributed by atoms with Crippen LogP contribution in [0.4, 0.5) is 0 Å². The molecular weight excluding hydrogens is 450 g/mol. The van der Waals surface area contributed by atoms with Crippen molar-refractivity contribution in [2.45, 2.75) is 30.6 Å². The molecule has 2 heterocycles. The first-order valence-corrected chi connectivity index (χ1v) is 13.0. The second-order valence-electron chi connectivity index (χ2n) is 8.85. The fourth-order valence-electron chi connectivity index (χ4n) is 4.76. The van der Waals surface area contributed by atoms with Crippen molar-refractivity contribution in [3.8, 4) is 6.07 Å². The van der Waals surface area contributed by atoms with Gasteiger partial charge in [0, 0.05) is 26.2 Å². The van der Waals surface area contributed by atoms with Crippen LogP contribution in [0, 0.1) is 11.3 Å². The van der Waals surface area contributed by atoms with Gasteiger partial charge < -0.3 is 10.1 Å². The van der Waals surface area contributed by atoms with Crippen molar-refractivity contribution in [3.63, 3.8) is 0 Å². The van der Waals surface area contributed by atoms with Gasteiger partial charge in [-0.15, -0.1) is 0 Å². The summed E-state index contributed by atoms with van der Waals surface area (Å²) in [6, 6.07) is 15.0. The highest BCUT2D eigenvalue weighted by atomic mass is 32.2. The van der Waals surface area contributed by atoms with Gasteiger partial charge in [0.15, 0.2) is 5.82 Å². The van der Waals surface area contributed by atoms with E-state index < -0.39 is 10.0 Å². The molecule has 3 aromatic rings. The van der Waals surface area contributed by atoms with Crippen molar-refractivity contribution in [2.75, 3.05) is 32.7 Å². The maximum absolute atomic E-state index is 13.2. The Balaban J connectivity index is 1.27. The van der Waals surface area contributed by atoms with E-state index in [0.29, 0.717) is 36.9 Å². The van der Waals surface area contributed by atoms with Gasteiger partial charge in [0.05, 0.1) is 22.5 Å². The minimum Gasteiger partial charge on any atom is -0.509 e. The molecule has 1 saturated heterocycles. The maximum Gasteiger partial charge on any atom is 0.243 e. The molecule has 0 bridgehead atoms. The summed E-state index contributed by atoms with van der Waals surface area (Å²) in [4.78, 5) is 9.79. The van der Waals surface area contributed by atoms with Crippen molar-refractivity contribution in [2.24, 2.45) is 0 Å². The standard InChI is InChI=1S/C25H27N5O3S/c26-16-21(25-27-22-7-3-4-8-23(22)28-25)24(31)17-29-11-13-30(14-12-29)34(32,33)20-10-9-18-5-1-2-6-19(18)15-20/h3-4,7-10,15,31H,1-2,5-6,11-14,17H2,(H,27,28)/b24-21-. The summed E-state index contributed by atoms with van der Waals surface area (Å²) in [6.45, 7) is 1.76. The molecule has 0 unspecified atom stereocenters. The predicted octanol–water partition coefficient (Wildman–Crippen LogP) is 3.24. The fourth-order valence-corrected chi connectivity index (χ4v) is 6.24. The van der Waals surface area contributed by atoms with E-state index >= 15 is 0 Å². The van der Waals surface area contributed by atoms with Gasteiger partial charge in [0.1, 0.15) is 17.4 Å². The number of nitrogens with one attached hydrogen (secondary N) is 1. The highest BCUT2D eigenvalue weighted by molar-refractivity contribution is 7.89. The number of aromatic nitrogens is 2. The van der Waals surface area contributed by atoms with Gasteiger partial charge in [0.2, 0.25) is 10.0 Å². The number of sulfonamides is 1. The van der Waals surface area contributed by atoms with Crippen LogP contribution in [0.3, 0.4) is 0 Å². The van der Waals surface area contributed by atoms with E-state index in [1.54, 1.807) is 6.07 Å². The van der Waals surface area contributed by atoms with Crippen molar-refractivity contribution >= 4 is 26.6 Å². The number of nitrogens with zero attached hydrogens (tertiary/aromatic N) is 4. The van der Waals surface area contributed by atoms with Gasteiger partial charge in [-0.2, -0.15) is 9.57 Å². The molecule has 9 heteroatoms. The molecule has 1 aliphatic heterocycles. The van der Waals surface area contributed by atoms with Crippen molar-refractivity contribution in [3.05, 3.63) is 65.2 Å². The fraction of sp³-hybridized carbons (Fsp3) is 0.360. The monoisotopic (exact) mass is 477 g/mol. The molecule has 2 N–H and O–H groups in total. The molecule has 176 valence electrons. The van der Waals surface area contributed by atoms with Crippen LogP contribution in [0.2, 0.25) is 0 Å². The SMILES string of the molecule is N#C/C(=C(/O)CN1CCN(S(=O)(=O)c2ccc3c(c2)CCCC3)CC1)c1nc2ccccc2[nH]1. The lowest BCUT2D eigenvalue weighted by molar-refractivity contribution is 0.182. The number of fused-ring (bicyclic) bond motifs is 2. The number of aromatic amines is 1. The minimum absolute atomic E-state index is 0.0763. The van der Waals surface area contributed by atoms with Crippen molar-refractivity contribution in [1.82, 2.24) is 19.2 Å². The number of benzene rings is 2. The number of hydrogen-bond acceptors (Lipinski definition) is 6. The van der Waals surface area contributed by atoms with E-state index in [0.717, 1.165) is 42.3 Å². The Morgan fingerprint density at radius 1 is 1.06 bits per heavy atom. The Bertz CT molecular complexity index is 1360. The molecule has 0 amide bonds. The molecule has 2 aromatic carbocycles. The Kier molecular flexibility index (Phi) is 6.13. The molecule has 0 atom stereocenters. The summed E-state index contributed by atoms with van der Waals surface area (Å²) < 4.78 is 28.0. The van der Waals surface area contributed by atoms with Crippen molar-refractivity contribution in [1.29, 1.82) is 5.26 Å². The average molecular weight is 478 g/mol. The van der Waals surface area contributed by atoms with Gasteiger partial charge in [0.25, 0.3) is 0 Å². The number of aliphatic hydroxyl groups is 1. The quantitative estimate of drug-likeness (QED) is 0.431. The average Bonchev–Trinajstić information content (AvgIpc) is 3.28. The topological polar surface area (TPSA) is 113 Å². The summed E-state index contributed by atoms with van der Waals surface area (Å²) >= 11 is 0. The number of aliphatic hydroxyl groups excluding tert-OH is 1. The number of imidazole rings is 1. The minimum atomic E-state index is -3.56. The summed E-state index contributed by atoms with van der Waals surface area (Å²) in [5.74, 6) is 0.252. The third-order valence-electron chi connectivity index (χ3n) is 6.69. The van der Waals surface area contributed by atoms with E-state index in [-0.39, 0.29) is 17.9 Å². The zero-order chi connectivity index (χ0) is 23.7. The Labute approximate surface area is 199 Å². The van der Waals surface area contributed by atoms with Crippen LogP contribution >= 0.6 is 0 Å². The number of H-pyrrole nitrogens is 1. The van der Waals surface area contributed by atoms with E-state index in [1.165, 1.54) is 9.87 Å². The van der Waals surface area contributed by atoms with Gasteiger partial charge >= 0.3 is 0 Å². The zero-order valence-electron chi connectivity index (χ0n) is 18.9. The van der Waals surface area contributed by atoms with Crippen LogP contribution in [-0.4, -0.2) is 65.4 Å². The molecule has 1 aliphatic carbocycles. The molecule has 2 aliphatic rings. The summed E-state index contributed by atoms with van der Waals surface area (Å²) in [7, 11) is -3.56. The lowest BCUT2D eigenvalue weighted by Crippen LogP contribution is -2.49. The van der Waals surface area contributed by atoms with Crippen LogP contribution in [0.5, 0.6) is 0 Å². The van der Waals surface area contributed by atoms with Crippen LogP contribution in [-0.2, 0) is 22.9 Å². The van der Waals surface area contributed by atoms with E-state index in [4.69, 9.17) is 0 Å². The molecule has 8 nitrogen and oxygen atoms in total. The number of rotatable bonds is 5. The normalized spacial score (nSPS) is 18.3. The summed E-state index contributed by atoms with van der Waals surface area (Å²) in [6.07, 6.45) is 4.21. The number of hydrogen-bond donors (Lipinski definition) is 2. The van der Waals surface area contributed by atoms with Crippen LogP contribution in [0.1, 0.15) is 29.8 Å². The summed E-state index contributed by atoms with van der Waals surface area (Å²) in [5.41, 5.74) is 4.02. The Hall–Kier alpha value is -3.19. The number of allylic oxidation sites excluding steroid dienone is 1. The molecule has 0 spiro atoms. The Morgan fingerprint density at radius 3 is 2.53 bits per heavy atom. The van der Waals surface area contributed by atoms with Crippen molar-refractivity contribution < 1.29 is 13.5 Å². The van der Waals surface area contributed by atoms with E-state index in [1.807, 2.05) is 41.3 Å². The van der Waals surface area contributed by atoms with Gasteiger partial charge in [-0.1, -0.05) is 18.2 Å². The van der Waals surface area contributed by atoms with Gasteiger partial charge in [-0.05, 0) is 61.1 Å². The largest absolute Gasteiger partial charge is 0.509 e. The first-order chi connectivity index (χ1) is 16.5. The second-order valence-corrected chi connectivity index (χ2v) is 10.8. The van der Waals surface area contributed by atoms with Crippen LogP contribution in [0.25, 0.3) is 16.6 Å². The predicted molar refractivity (Wildman–Crippen MR) is 130 cm³/mol. The summed E-state index contributed by atoms with van der Waals surface area (Å²) in [5, 5.41) is 20.3. The van der Waals surface area contributed by atoms with Gasteiger partial charge in [-0.25, -0.2) is 13.4 Å². The van der Waals surface area contributed by atoms with Crippen LogP contribution in [0.15, 0.2) is 53.1 Å². The number of aryl methyl sites for hydroxylation is 2. The van der Waals surface area contributed by atoms with E-state index in [9.17, 15) is 18.8 Å². The smallest absolute Gasteiger partial charge is 0.243 e. The zero-order valence-corrected chi connectivity index (χ0v) is 19.7. The number of nitriles is 1.